The highest BCUT2D eigenvalue weighted by atomic mass is 16.3. The standard InChI is InChI=1S/C13H19NO3/c1-9(2)7-10(15)8-14-13(17)11-5-3-4-6-12(11)16/h3-6,9-10,15-16H,7-8H2,1-2H3,(H,14,17)/t10-/m0/s1. The molecule has 0 saturated heterocycles. The van der Waals surface area contributed by atoms with Gasteiger partial charge >= 0.3 is 0 Å². The van der Waals surface area contributed by atoms with Crippen LogP contribution in [-0.2, 0) is 0 Å². The van der Waals surface area contributed by atoms with E-state index in [1.807, 2.05) is 13.8 Å². The first-order valence-corrected chi connectivity index (χ1v) is 5.75. The van der Waals surface area contributed by atoms with Gasteiger partial charge < -0.3 is 15.5 Å². The zero-order valence-corrected chi connectivity index (χ0v) is 10.2. The number of carbonyl (C=O) groups is 1. The molecule has 1 atom stereocenters. The number of amides is 1. The average Bonchev–Trinajstić information content (AvgIpc) is 2.25. The van der Waals surface area contributed by atoms with E-state index in [1.165, 1.54) is 6.07 Å². The summed E-state index contributed by atoms with van der Waals surface area (Å²) >= 11 is 0. The third-order valence-corrected chi connectivity index (χ3v) is 2.39. The molecule has 0 aliphatic carbocycles. The quantitative estimate of drug-likeness (QED) is 0.727. The van der Waals surface area contributed by atoms with Crippen LogP contribution in [0.4, 0.5) is 0 Å². The zero-order chi connectivity index (χ0) is 12.8. The summed E-state index contributed by atoms with van der Waals surface area (Å²) in [6.07, 6.45) is 0.0888. The van der Waals surface area contributed by atoms with E-state index in [0.29, 0.717) is 12.3 Å². The lowest BCUT2D eigenvalue weighted by Gasteiger charge is -2.14. The highest BCUT2D eigenvalue weighted by Crippen LogP contribution is 2.15. The van der Waals surface area contributed by atoms with Gasteiger partial charge in [0.2, 0.25) is 0 Å². The van der Waals surface area contributed by atoms with E-state index in [0.717, 1.165) is 0 Å². The Balaban J connectivity index is 2.48. The summed E-state index contributed by atoms with van der Waals surface area (Å²) in [5, 5.41) is 21.7. The molecule has 3 N–H and O–H groups in total. The van der Waals surface area contributed by atoms with Crippen molar-refractivity contribution in [3.8, 4) is 5.75 Å². The van der Waals surface area contributed by atoms with Crippen molar-refractivity contribution in [2.24, 2.45) is 5.92 Å². The molecule has 0 saturated carbocycles. The van der Waals surface area contributed by atoms with Crippen molar-refractivity contribution in [3.05, 3.63) is 29.8 Å². The molecule has 1 aromatic rings. The van der Waals surface area contributed by atoms with Crippen LogP contribution in [0, 0.1) is 5.92 Å². The maximum absolute atomic E-state index is 11.7. The van der Waals surface area contributed by atoms with Crippen LogP contribution in [0.5, 0.6) is 5.75 Å². The second-order valence-corrected chi connectivity index (χ2v) is 4.51. The molecule has 4 heteroatoms. The van der Waals surface area contributed by atoms with Crippen LogP contribution in [0.25, 0.3) is 0 Å². The van der Waals surface area contributed by atoms with E-state index in [1.54, 1.807) is 18.2 Å². The van der Waals surface area contributed by atoms with Gasteiger partial charge in [-0.15, -0.1) is 0 Å². The molecule has 0 bridgehead atoms. The lowest BCUT2D eigenvalue weighted by molar-refractivity contribution is 0.0897. The molecule has 94 valence electrons. The summed E-state index contributed by atoms with van der Waals surface area (Å²) in [5.41, 5.74) is 0.226. The Bertz CT molecular complexity index is 377. The first-order valence-electron chi connectivity index (χ1n) is 5.75. The summed E-state index contributed by atoms with van der Waals surface area (Å²) < 4.78 is 0. The molecule has 1 amide bonds. The average molecular weight is 237 g/mol. The van der Waals surface area contributed by atoms with Gasteiger partial charge in [0.25, 0.3) is 5.91 Å². The fraction of sp³-hybridized carbons (Fsp3) is 0.462. The summed E-state index contributed by atoms with van der Waals surface area (Å²) in [5.74, 6) is -0.0405. The lowest BCUT2D eigenvalue weighted by atomic mass is 10.1. The zero-order valence-electron chi connectivity index (χ0n) is 10.2. The number of aliphatic hydroxyl groups excluding tert-OH is 1. The Kier molecular flexibility index (Phi) is 4.97. The number of hydrogen-bond acceptors (Lipinski definition) is 3. The molecule has 0 spiro atoms. The Hall–Kier alpha value is -1.55. The third-order valence-electron chi connectivity index (χ3n) is 2.39. The van der Waals surface area contributed by atoms with Gasteiger partial charge in [0.15, 0.2) is 0 Å². The lowest BCUT2D eigenvalue weighted by Crippen LogP contribution is -2.32. The first kappa shape index (κ1) is 13.5. The molecule has 1 rings (SSSR count). The Morgan fingerprint density at radius 3 is 2.59 bits per heavy atom. The molecule has 0 unspecified atom stereocenters. The van der Waals surface area contributed by atoms with Crippen LogP contribution in [0.2, 0.25) is 0 Å². The number of aliphatic hydroxyl groups is 1. The van der Waals surface area contributed by atoms with Gasteiger partial charge in [-0.25, -0.2) is 0 Å². The van der Waals surface area contributed by atoms with E-state index in [9.17, 15) is 15.0 Å². The molecular formula is C13H19NO3. The van der Waals surface area contributed by atoms with Crippen LogP contribution < -0.4 is 5.32 Å². The molecule has 17 heavy (non-hydrogen) atoms. The van der Waals surface area contributed by atoms with E-state index < -0.39 is 6.10 Å². The van der Waals surface area contributed by atoms with Crippen molar-refractivity contribution < 1.29 is 15.0 Å². The maximum Gasteiger partial charge on any atom is 0.255 e. The minimum absolute atomic E-state index is 0.0525. The van der Waals surface area contributed by atoms with Crippen molar-refractivity contribution in [1.82, 2.24) is 5.32 Å². The highest BCUT2D eigenvalue weighted by Gasteiger charge is 2.12. The first-order chi connectivity index (χ1) is 8.00. The van der Waals surface area contributed by atoms with Gasteiger partial charge in [0.1, 0.15) is 5.75 Å². The number of phenolic OH excluding ortho intramolecular Hbond substituents is 1. The van der Waals surface area contributed by atoms with Crippen molar-refractivity contribution in [1.29, 1.82) is 0 Å². The number of rotatable bonds is 5. The molecular weight excluding hydrogens is 218 g/mol. The molecule has 0 heterocycles. The number of carbonyl (C=O) groups excluding carboxylic acids is 1. The largest absolute Gasteiger partial charge is 0.507 e. The number of hydrogen-bond donors (Lipinski definition) is 3. The van der Waals surface area contributed by atoms with E-state index in [4.69, 9.17) is 0 Å². The van der Waals surface area contributed by atoms with Gasteiger partial charge in [0, 0.05) is 6.54 Å². The Morgan fingerprint density at radius 1 is 1.35 bits per heavy atom. The SMILES string of the molecule is CC(C)C[C@H](O)CNC(=O)c1ccccc1O. The smallest absolute Gasteiger partial charge is 0.255 e. The van der Waals surface area contributed by atoms with Gasteiger partial charge in [-0.05, 0) is 24.5 Å². The van der Waals surface area contributed by atoms with Crippen LogP contribution in [0.3, 0.4) is 0 Å². The molecule has 0 aliphatic rings. The number of benzene rings is 1. The van der Waals surface area contributed by atoms with Crippen molar-refractivity contribution in [2.45, 2.75) is 26.4 Å². The second kappa shape index (κ2) is 6.25. The van der Waals surface area contributed by atoms with Crippen LogP contribution in [0.15, 0.2) is 24.3 Å². The minimum atomic E-state index is -0.551. The monoisotopic (exact) mass is 237 g/mol. The second-order valence-electron chi connectivity index (χ2n) is 4.51. The van der Waals surface area contributed by atoms with Crippen LogP contribution >= 0.6 is 0 Å². The topological polar surface area (TPSA) is 69.6 Å². The molecule has 0 aromatic heterocycles. The van der Waals surface area contributed by atoms with E-state index in [-0.39, 0.29) is 23.8 Å². The fourth-order valence-corrected chi connectivity index (χ4v) is 1.60. The molecule has 1 aromatic carbocycles. The normalized spacial score (nSPS) is 12.5. The summed E-state index contributed by atoms with van der Waals surface area (Å²) in [7, 11) is 0. The van der Waals surface area contributed by atoms with Crippen LogP contribution in [0.1, 0.15) is 30.6 Å². The number of phenols is 1. The predicted molar refractivity (Wildman–Crippen MR) is 65.9 cm³/mol. The van der Waals surface area contributed by atoms with Crippen molar-refractivity contribution in [2.75, 3.05) is 6.54 Å². The summed E-state index contributed by atoms with van der Waals surface area (Å²) in [6, 6.07) is 6.33. The number of para-hydroxylation sites is 1. The van der Waals surface area contributed by atoms with Gasteiger partial charge in [-0.3, -0.25) is 4.79 Å². The van der Waals surface area contributed by atoms with E-state index in [2.05, 4.69) is 5.32 Å². The summed E-state index contributed by atoms with van der Waals surface area (Å²) in [6.45, 7) is 4.22. The van der Waals surface area contributed by atoms with Crippen molar-refractivity contribution >= 4 is 5.91 Å². The van der Waals surface area contributed by atoms with Gasteiger partial charge in [0.05, 0.1) is 11.7 Å². The van der Waals surface area contributed by atoms with Crippen LogP contribution in [-0.4, -0.2) is 28.8 Å². The molecule has 4 nitrogen and oxygen atoms in total. The van der Waals surface area contributed by atoms with E-state index >= 15 is 0 Å². The molecule has 0 aliphatic heterocycles. The Labute approximate surface area is 101 Å². The molecule has 0 radical (unpaired) electrons. The maximum atomic E-state index is 11.7. The fourth-order valence-electron chi connectivity index (χ4n) is 1.60. The third kappa shape index (κ3) is 4.44. The minimum Gasteiger partial charge on any atom is -0.507 e. The van der Waals surface area contributed by atoms with Gasteiger partial charge in [-0.2, -0.15) is 0 Å². The highest BCUT2D eigenvalue weighted by molar-refractivity contribution is 5.96. The predicted octanol–water partition coefficient (Wildman–Crippen LogP) is 1.53. The van der Waals surface area contributed by atoms with Gasteiger partial charge in [-0.1, -0.05) is 26.0 Å². The van der Waals surface area contributed by atoms with Crippen molar-refractivity contribution in [3.63, 3.8) is 0 Å². The Morgan fingerprint density at radius 2 is 2.00 bits per heavy atom. The number of nitrogens with one attached hydrogen (secondary N) is 1. The number of aromatic hydroxyl groups is 1. The summed E-state index contributed by atoms with van der Waals surface area (Å²) in [4.78, 5) is 11.7. The molecule has 0 fully saturated rings.